The number of rotatable bonds is 6. The molecule has 0 saturated heterocycles. The van der Waals surface area contributed by atoms with Crippen molar-refractivity contribution in [2.45, 2.75) is 52.4 Å². The van der Waals surface area contributed by atoms with Crippen LogP contribution in [0, 0.1) is 6.92 Å². The third-order valence-electron chi connectivity index (χ3n) is 2.95. The van der Waals surface area contributed by atoms with Crippen LogP contribution in [0.5, 0.6) is 11.5 Å². The predicted molar refractivity (Wildman–Crippen MR) is 67.0 cm³/mol. The molecule has 1 aromatic carbocycles. The number of unbranched alkanes of at least 4 members (excludes halogenated alkanes) is 4. The van der Waals surface area contributed by atoms with Crippen LogP contribution in [-0.2, 0) is 6.42 Å². The molecule has 0 radical (unpaired) electrons. The summed E-state index contributed by atoms with van der Waals surface area (Å²) in [5, 5.41) is 19.3. The number of benzene rings is 1. The number of aryl methyl sites for hydroxylation is 2. The van der Waals surface area contributed by atoms with Crippen LogP contribution >= 0.6 is 0 Å². The van der Waals surface area contributed by atoms with Gasteiger partial charge in [-0.3, -0.25) is 0 Å². The van der Waals surface area contributed by atoms with Gasteiger partial charge < -0.3 is 10.2 Å². The molecule has 0 aromatic heterocycles. The van der Waals surface area contributed by atoms with E-state index in [2.05, 4.69) is 6.92 Å². The molecule has 0 aliphatic heterocycles. The minimum Gasteiger partial charge on any atom is -0.508 e. The largest absolute Gasteiger partial charge is 0.508 e. The molecule has 0 fully saturated rings. The van der Waals surface area contributed by atoms with Crippen molar-refractivity contribution in [2.24, 2.45) is 0 Å². The van der Waals surface area contributed by atoms with Gasteiger partial charge in [0, 0.05) is 0 Å². The first kappa shape index (κ1) is 12.9. The Bertz CT molecular complexity index is 332. The zero-order chi connectivity index (χ0) is 12.0. The molecule has 16 heavy (non-hydrogen) atoms. The van der Waals surface area contributed by atoms with Crippen molar-refractivity contribution in [3.8, 4) is 11.5 Å². The first-order valence-corrected chi connectivity index (χ1v) is 6.16. The van der Waals surface area contributed by atoms with Gasteiger partial charge in [-0.1, -0.05) is 32.6 Å². The fourth-order valence-corrected chi connectivity index (χ4v) is 1.84. The average molecular weight is 222 g/mol. The van der Waals surface area contributed by atoms with E-state index in [0.29, 0.717) is 5.75 Å². The van der Waals surface area contributed by atoms with Gasteiger partial charge in [-0.05, 0) is 43.0 Å². The van der Waals surface area contributed by atoms with Crippen LogP contribution in [-0.4, -0.2) is 10.2 Å². The van der Waals surface area contributed by atoms with E-state index in [0.717, 1.165) is 24.0 Å². The van der Waals surface area contributed by atoms with Crippen LogP contribution in [0.4, 0.5) is 0 Å². The molecule has 90 valence electrons. The molecule has 2 N–H and O–H groups in total. The van der Waals surface area contributed by atoms with Gasteiger partial charge >= 0.3 is 0 Å². The number of aromatic hydroxyl groups is 2. The van der Waals surface area contributed by atoms with Gasteiger partial charge in [0.25, 0.3) is 0 Å². The standard InChI is InChI=1S/C14H22O2/c1-3-4-5-6-7-8-12-10-13(15)11(2)9-14(12)16/h9-10,15-16H,3-8H2,1-2H3. The Labute approximate surface area is 97.9 Å². The van der Waals surface area contributed by atoms with Crippen molar-refractivity contribution >= 4 is 0 Å². The fourth-order valence-electron chi connectivity index (χ4n) is 1.84. The van der Waals surface area contributed by atoms with E-state index in [9.17, 15) is 10.2 Å². The minimum absolute atomic E-state index is 0.279. The maximum atomic E-state index is 9.71. The van der Waals surface area contributed by atoms with Gasteiger partial charge in [0.05, 0.1) is 0 Å². The smallest absolute Gasteiger partial charge is 0.119 e. The highest BCUT2D eigenvalue weighted by atomic mass is 16.3. The molecule has 0 atom stereocenters. The molecule has 0 aliphatic rings. The van der Waals surface area contributed by atoms with Crippen LogP contribution < -0.4 is 0 Å². The Kier molecular flexibility index (Phi) is 5.17. The number of hydrogen-bond donors (Lipinski definition) is 2. The molecule has 1 rings (SSSR count). The summed E-state index contributed by atoms with van der Waals surface area (Å²) in [7, 11) is 0. The fraction of sp³-hybridized carbons (Fsp3) is 0.571. The first-order chi connectivity index (χ1) is 7.65. The Morgan fingerprint density at radius 2 is 1.62 bits per heavy atom. The predicted octanol–water partition coefficient (Wildman–Crippen LogP) is 3.92. The molecule has 0 saturated carbocycles. The molecule has 0 spiro atoms. The van der Waals surface area contributed by atoms with E-state index in [-0.39, 0.29) is 5.75 Å². The van der Waals surface area contributed by atoms with E-state index in [4.69, 9.17) is 0 Å². The van der Waals surface area contributed by atoms with Crippen LogP contribution in [0.1, 0.15) is 50.2 Å². The van der Waals surface area contributed by atoms with E-state index in [1.807, 2.05) is 0 Å². The summed E-state index contributed by atoms with van der Waals surface area (Å²) in [5.74, 6) is 0.590. The second kappa shape index (κ2) is 6.41. The van der Waals surface area contributed by atoms with Gasteiger partial charge in [-0.25, -0.2) is 0 Å². The van der Waals surface area contributed by atoms with E-state index < -0.39 is 0 Å². The number of phenols is 2. The lowest BCUT2D eigenvalue weighted by atomic mass is 10.0. The summed E-state index contributed by atoms with van der Waals surface area (Å²) in [4.78, 5) is 0. The molecule has 0 unspecified atom stereocenters. The molecule has 0 bridgehead atoms. The van der Waals surface area contributed by atoms with Crippen molar-refractivity contribution in [3.05, 3.63) is 23.3 Å². The second-order valence-corrected chi connectivity index (χ2v) is 4.43. The Morgan fingerprint density at radius 3 is 2.31 bits per heavy atom. The molecule has 2 heteroatoms. The summed E-state index contributed by atoms with van der Waals surface area (Å²) in [6, 6.07) is 3.32. The highest BCUT2D eigenvalue weighted by molar-refractivity contribution is 5.44. The second-order valence-electron chi connectivity index (χ2n) is 4.43. The van der Waals surface area contributed by atoms with Gasteiger partial charge in [-0.2, -0.15) is 0 Å². The van der Waals surface area contributed by atoms with Crippen molar-refractivity contribution in [1.29, 1.82) is 0 Å². The lowest BCUT2D eigenvalue weighted by Crippen LogP contribution is -1.88. The molecule has 0 aliphatic carbocycles. The Hall–Kier alpha value is -1.18. The van der Waals surface area contributed by atoms with Crippen LogP contribution in [0.15, 0.2) is 12.1 Å². The molecule has 0 amide bonds. The van der Waals surface area contributed by atoms with Gasteiger partial charge in [0.2, 0.25) is 0 Å². The van der Waals surface area contributed by atoms with E-state index in [1.165, 1.54) is 25.7 Å². The summed E-state index contributed by atoms with van der Waals surface area (Å²) in [6.07, 6.45) is 6.91. The lowest BCUT2D eigenvalue weighted by Gasteiger charge is -2.07. The molecular weight excluding hydrogens is 200 g/mol. The normalized spacial score (nSPS) is 10.6. The zero-order valence-electron chi connectivity index (χ0n) is 10.3. The van der Waals surface area contributed by atoms with E-state index in [1.54, 1.807) is 19.1 Å². The quantitative estimate of drug-likeness (QED) is 0.565. The lowest BCUT2D eigenvalue weighted by molar-refractivity contribution is 0.449. The average Bonchev–Trinajstić information content (AvgIpc) is 2.25. The van der Waals surface area contributed by atoms with Crippen LogP contribution in [0.2, 0.25) is 0 Å². The third-order valence-corrected chi connectivity index (χ3v) is 2.95. The Morgan fingerprint density at radius 1 is 0.938 bits per heavy atom. The van der Waals surface area contributed by atoms with Crippen LogP contribution in [0.3, 0.4) is 0 Å². The van der Waals surface area contributed by atoms with Crippen molar-refractivity contribution < 1.29 is 10.2 Å². The topological polar surface area (TPSA) is 40.5 Å². The van der Waals surface area contributed by atoms with Gasteiger partial charge in [0.15, 0.2) is 0 Å². The SMILES string of the molecule is CCCCCCCc1cc(O)c(C)cc1O. The summed E-state index contributed by atoms with van der Waals surface area (Å²) < 4.78 is 0. The summed E-state index contributed by atoms with van der Waals surface area (Å²) in [6.45, 7) is 3.99. The first-order valence-electron chi connectivity index (χ1n) is 6.16. The number of hydrogen-bond acceptors (Lipinski definition) is 2. The minimum atomic E-state index is 0.279. The highest BCUT2D eigenvalue weighted by Gasteiger charge is 2.05. The zero-order valence-corrected chi connectivity index (χ0v) is 10.3. The van der Waals surface area contributed by atoms with Crippen LogP contribution in [0.25, 0.3) is 0 Å². The Balaban J connectivity index is 2.45. The van der Waals surface area contributed by atoms with Gasteiger partial charge in [-0.15, -0.1) is 0 Å². The molecular formula is C14H22O2. The molecule has 2 nitrogen and oxygen atoms in total. The molecule has 0 heterocycles. The van der Waals surface area contributed by atoms with E-state index >= 15 is 0 Å². The highest BCUT2D eigenvalue weighted by Crippen LogP contribution is 2.27. The van der Waals surface area contributed by atoms with Crippen molar-refractivity contribution in [2.75, 3.05) is 0 Å². The maximum Gasteiger partial charge on any atom is 0.119 e. The maximum absolute atomic E-state index is 9.71. The summed E-state index contributed by atoms with van der Waals surface area (Å²) >= 11 is 0. The number of phenolic OH excluding ortho intramolecular Hbond substituents is 2. The van der Waals surface area contributed by atoms with Gasteiger partial charge in [0.1, 0.15) is 11.5 Å². The van der Waals surface area contributed by atoms with Crippen molar-refractivity contribution in [3.63, 3.8) is 0 Å². The summed E-state index contributed by atoms with van der Waals surface area (Å²) in [5.41, 5.74) is 1.59. The van der Waals surface area contributed by atoms with Crippen molar-refractivity contribution in [1.82, 2.24) is 0 Å². The monoisotopic (exact) mass is 222 g/mol. The third kappa shape index (κ3) is 3.76. The molecule has 1 aromatic rings.